The van der Waals surface area contributed by atoms with E-state index in [1.54, 1.807) is 36.4 Å². The molecule has 1 aliphatic heterocycles. The lowest BCUT2D eigenvalue weighted by atomic mass is 9.95. The van der Waals surface area contributed by atoms with E-state index in [9.17, 15) is 14.7 Å². The van der Waals surface area contributed by atoms with Crippen molar-refractivity contribution in [2.75, 3.05) is 12.0 Å². The van der Waals surface area contributed by atoms with Crippen molar-refractivity contribution < 1.29 is 19.4 Å². The van der Waals surface area contributed by atoms with Crippen molar-refractivity contribution in [3.8, 4) is 5.75 Å². The third-order valence-electron chi connectivity index (χ3n) is 5.08. The van der Waals surface area contributed by atoms with Crippen molar-refractivity contribution in [1.29, 1.82) is 0 Å². The predicted molar refractivity (Wildman–Crippen MR) is 123 cm³/mol. The molecule has 1 saturated heterocycles. The molecule has 4 rings (SSSR count). The van der Waals surface area contributed by atoms with Gasteiger partial charge in [0.25, 0.3) is 11.7 Å². The zero-order valence-corrected chi connectivity index (χ0v) is 18.7. The fourth-order valence-corrected chi connectivity index (χ4v) is 4.10. The van der Waals surface area contributed by atoms with Crippen LogP contribution in [0.5, 0.6) is 5.75 Å². The molecule has 1 fully saturated rings. The summed E-state index contributed by atoms with van der Waals surface area (Å²) in [6.45, 7) is 0. The lowest BCUT2D eigenvalue weighted by Crippen LogP contribution is -2.29. The van der Waals surface area contributed by atoms with Crippen LogP contribution in [-0.4, -0.2) is 23.9 Å². The fourth-order valence-electron chi connectivity index (χ4n) is 3.66. The highest BCUT2D eigenvalue weighted by Gasteiger charge is 2.47. The van der Waals surface area contributed by atoms with Crippen LogP contribution < -0.4 is 9.64 Å². The molecule has 0 saturated carbocycles. The number of amides is 1. The van der Waals surface area contributed by atoms with Crippen LogP contribution in [0.1, 0.15) is 17.2 Å². The Bertz CT molecular complexity index is 1190. The average Bonchev–Trinajstić information content (AvgIpc) is 3.05. The molecule has 1 atom stereocenters. The molecule has 3 aromatic carbocycles. The molecule has 0 aromatic heterocycles. The summed E-state index contributed by atoms with van der Waals surface area (Å²) in [7, 11) is 1.45. The number of anilines is 1. The van der Waals surface area contributed by atoms with Crippen LogP contribution in [0.15, 0.2) is 82.8 Å². The maximum absolute atomic E-state index is 13.1. The smallest absolute Gasteiger partial charge is 0.300 e. The van der Waals surface area contributed by atoms with E-state index in [0.717, 1.165) is 4.47 Å². The number of hydrogen-bond acceptors (Lipinski definition) is 4. The van der Waals surface area contributed by atoms with Crippen molar-refractivity contribution in [2.45, 2.75) is 6.04 Å². The van der Waals surface area contributed by atoms with Gasteiger partial charge in [-0.05, 0) is 48.0 Å². The van der Waals surface area contributed by atoms with Gasteiger partial charge in [0.05, 0.1) is 24.3 Å². The van der Waals surface area contributed by atoms with Crippen LogP contribution >= 0.6 is 27.5 Å². The van der Waals surface area contributed by atoms with E-state index in [-0.39, 0.29) is 16.9 Å². The number of hydrogen-bond donors (Lipinski definition) is 1. The van der Waals surface area contributed by atoms with E-state index >= 15 is 0 Å². The summed E-state index contributed by atoms with van der Waals surface area (Å²) in [5, 5.41) is 11.6. The second-order valence-electron chi connectivity index (χ2n) is 6.90. The van der Waals surface area contributed by atoms with Gasteiger partial charge in [-0.3, -0.25) is 14.5 Å². The number of ketones is 1. The van der Waals surface area contributed by atoms with E-state index in [0.29, 0.717) is 22.0 Å². The summed E-state index contributed by atoms with van der Waals surface area (Å²) in [4.78, 5) is 27.6. The first-order valence-corrected chi connectivity index (χ1v) is 10.5. The first kappa shape index (κ1) is 21.2. The van der Waals surface area contributed by atoms with Gasteiger partial charge in [-0.25, -0.2) is 0 Å². The van der Waals surface area contributed by atoms with Crippen molar-refractivity contribution in [3.63, 3.8) is 0 Å². The van der Waals surface area contributed by atoms with Crippen molar-refractivity contribution in [3.05, 3.63) is 99.0 Å². The van der Waals surface area contributed by atoms with Gasteiger partial charge in [0.1, 0.15) is 11.5 Å². The molecule has 1 heterocycles. The third-order valence-corrected chi connectivity index (χ3v) is 5.84. The fraction of sp³-hybridized carbons (Fsp3) is 0.0833. The number of methoxy groups -OCH3 is 1. The lowest BCUT2D eigenvalue weighted by molar-refractivity contribution is -0.132. The molecule has 0 bridgehead atoms. The highest BCUT2D eigenvalue weighted by atomic mass is 79.9. The normalized spacial score (nSPS) is 17.8. The average molecular weight is 499 g/mol. The van der Waals surface area contributed by atoms with Gasteiger partial charge in [0.2, 0.25) is 0 Å². The summed E-state index contributed by atoms with van der Waals surface area (Å²) >= 11 is 9.51. The zero-order chi connectivity index (χ0) is 22.1. The van der Waals surface area contributed by atoms with Gasteiger partial charge in [-0.15, -0.1) is 0 Å². The Kier molecular flexibility index (Phi) is 5.85. The Morgan fingerprint density at radius 1 is 1.03 bits per heavy atom. The summed E-state index contributed by atoms with van der Waals surface area (Å²) < 4.78 is 6.18. The number of benzene rings is 3. The van der Waals surface area contributed by atoms with E-state index < -0.39 is 17.7 Å². The van der Waals surface area contributed by atoms with Crippen LogP contribution in [0.3, 0.4) is 0 Å². The molecular weight excluding hydrogens is 482 g/mol. The number of aliphatic hydroxyl groups excluding tert-OH is 1. The summed E-state index contributed by atoms with van der Waals surface area (Å²) in [5.74, 6) is -1.51. The Hall–Kier alpha value is -3.09. The van der Waals surface area contributed by atoms with Crippen LogP contribution in [-0.2, 0) is 9.59 Å². The lowest BCUT2D eigenvalue weighted by Gasteiger charge is -2.25. The molecule has 7 heteroatoms. The van der Waals surface area contributed by atoms with E-state index in [4.69, 9.17) is 16.3 Å². The van der Waals surface area contributed by atoms with E-state index in [1.807, 2.05) is 30.3 Å². The molecule has 1 N–H and O–H groups in total. The second-order valence-corrected chi connectivity index (χ2v) is 8.25. The van der Waals surface area contributed by atoms with Gasteiger partial charge < -0.3 is 9.84 Å². The molecular formula is C24H17BrClNO4. The number of carbonyl (C=O) groups is 2. The third kappa shape index (κ3) is 3.84. The van der Waals surface area contributed by atoms with Gasteiger partial charge in [-0.1, -0.05) is 57.9 Å². The standard InChI is InChI=1S/C24H17BrClNO4/c1-31-19-12-9-16(26)13-18(19)22(28)20-21(14-5-3-2-4-6-14)27(24(30)23(20)29)17-10-7-15(25)8-11-17/h2-13,21,28H,1H3/b22-20+. The van der Waals surface area contributed by atoms with Gasteiger partial charge in [-0.2, -0.15) is 0 Å². The van der Waals surface area contributed by atoms with Crippen LogP contribution in [0, 0.1) is 0 Å². The van der Waals surface area contributed by atoms with Crippen LogP contribution in [0.4, 0.5) is 5.69 Å². The number of Topliss-reactive ketones (excluding diaryl/α,β-unsaturated/α-hetero) is 1. The monoisotopic (exact) mass is 497 g/mol. The topological polar surface area (TPSA) is 66.8 Å². The van der Waals surface area contributed by atoms with Gasteiger partial charge in [0.15, 0.2) is 0 Å². The Morgan fingerprint density at radius 3 is 2.35 bits per heavy atom. The highest BCUT2D eigenvalue weighted by molar-refractivity contribution is 9.10. The van der Waals surface area contributed by atoms with Gasteiger partial charge in [0, 0.05) is 15.2 Å². The first-order chi connectivity index (χ1) is 14.9. The van der Waals surface area contributed by atoms with Crippen molar-refractivity contribution in [2.24, 2.45) is 0 Å². The van der Waals surface area contributed by atoms with Crippen molar-refractivity contribution in [1.82, 2.24) is 0 Å². The first-order valence-electron chi connectivity index (χ1n) is 9.38. The highest BCUT2D eigenvalue weighted by Crippen LogP contribution is 2.43. The Balaban J connectivity index is 1.97. The minimum Gasteiger partial charge on any atom is -0.507 e. The summed E-state index contributed by atoms with van der Waals surface area (Å²) in [6.07, 6.45) is 0. The number of ether oxygens (including phenoxy) is 1. The largest absolute Gasteiger partial charge is 0.507 e. The summed E-state index contributed by atoms with van der Waals surface area (Å²) in [6, 6.07) is 20.1. The number of carbonyl (C=O) groups excluding carboxylic acids is 2. The maximum Gasteiger partial charge on any atom is 0.300 e. The maximum atomic E-state index is 13.1. The molecule has 0 spiro atoms. The number of aliphatic hydroxyl groups is 1. The molecule has 5 nitrogen and oxygen atoms in total. The quantitative estimate of drug-likeness (QED) is 0.283. The number of nitrogens with zero attached hydrogens (tertiary/aromatic N) is 1. The summed E-state index contributed by atoms with van der Waals surface area (Å²) in [5.41, 5.74) is 1.44. The molecule has 1 amide bonds. The van der Waals surface area contributed by atoms with E-state index in [1.165, 1.54) is 18.1 Å². The van der Waals surface area contributed by atoms with Crippen molar-refractivity contribution >= 4 is 50.7 Å². The minimum atomic E-state index is -0.814. The Labute approximate surface area is 192 Å². The molecule has 1 aliphatic rings. The van der Waals surface area contributed by atoms with E-state index in [2.05, 4.69) is 15.9 Å². The molecule has 31 heavy (non-hydrogen) atoms. The van der Waals surface area contributed by atoms with Crippen LogP contribution in [0.25, 0.3) is 5.76 Å². The minimum absolute atomic E-state index is 0.0281. The predicted octanol–water partition coefficient (Wildman–Crippen LogP) is 5.74. The zero-order valence-electron chi connectivity index (χ0n) is 16.4. The molecule has 0 radical (unpaired) electrons. The molecule has 156 valence electrons. The number of halogens is 2. The molecule has 3 aromatic rings. The molecule has 1 unspecified atom stereocenters. The van der Waals surface area contributed by atoms with Crippen LogP contribution in [0.2, 0.25) is 5.02 Å². The molecule has 0 aliphatic carbocycles. The Morgan fingerprint density at radius 2 is 1.71 bits per heavy atom. The second kappa shape index (κ2) is 8.57. The SMILES string of the molecule is COc1ccc(Cl)cc1/C(O)=C1\C(=O)C(=O)N(c2ccc(Br)cc2)C1c1ccccc1. The number of rotatable bonds is 4. The van der Waals surface area contributed by atoms with Gasteiger partial charge >= 0.3 is 0 Å².